The average molecular weight is 841 g/mol. The average Bonchev–Trinajstić information content (AvgIpc) is 3.20. The molecule has 0 bridgehead atoms. The van der Waals surface area contributed by atoms with Crippen LogP contribution in [0.1, 0.15) is 265 Å². The lowest BCUT2D eigenvalue weighted by Crippen LogP contribution is -2.29. The van der Waals surface area contributed by atoms with Crippen LogP contribution in [-0.2, 0) is 14.2 Å². The first-order valence-corrected chi connectivity index (χ1v) is 27.5. The van der Waals surface area contributed by atoms with Gasteiger partial charge in [-0.3, -0.25) is 9.36 Å². The predicted octanol–water partition coefficient (Wildman–Crippen LogP) is 15.7. The molecule has 0 amide bonds. The highest BCUT2D eigenvalue weighted by atomic mass is 31.2. The summed E-state index contributed by atoms with van der Waals surface area (Å²) in [4.78, 5) is 39.9. The molecule has 58 heavy (non-hydrogen) atoms. The number of carbonyl (C=O) groups is 1. The Balaban J connectivity index is 4.17. The Bertz CT molecular complexity index is 892. The molecule has 0 rings (SSSR count). The van der Waals surface area contributed by atoms with Crippen LogP contribution in [0.2, 0.25) is 0 Å². The van der Waals surface area contributed by atoms with Crippen molar-refractivity contribution in [3.05, 3.63) is 12.2 Å². The standard InChI is InChI=1S/C50H101N2O5P/c1-4-7-10-13-16-19-20-21-22-23-24-25-26-29-34-39-44-51(48-49-58(54,55)56)45-40-35-30-27-28-33-38-43-50(53)57-52(46-41-36-31-17-14-11-8-5-2)47-42-37-32-18-15-12-9-6-3/h21-22H,4-20,23-49H2,1-3H3,(H2,54,55,56)/b22-21-. The van der Waals surface area contributed by atoms with Crippen LogP contribution in [0.25, 0.3) is 0 Å². The third-order valence-corrected chi connectivity index (χ3v) is 12.6. The summed E-state index contributed by atoms with van der Waals surface area (Å²) in [7, 11) is -3.98. The molecule has 0 aliphatic rings. The minimum absolute atomic E-state index is 0.0437. The minimum Gasteiger partial charge on any atom is -0.368 e. The number of nitrogens with zero attached hydrogens (tertiary/aromatic N) is 2. The van der Waals surface area contributed by atoms with E-state index >= 15 is 0 Å². The fraction of sp³-hybridized carbons (Fsp3) is 0.940. The molecule has 0 aromatic heterocycles. The molecule has 0 aliphatic carbocycles. The third kappa shape index (κ3) is 46.3. The van der Waals surface area contributed by atoms with Gasteiger partial charge in [0.15, 0.2) is 0 Å². The molecule has 0 heterocycles. The van der Waals surface area contributed by atoms with Crippen LogP contribution in [0, 0.1) is 0 Å². The Hall–Kier alpha value is -0.720. The van der Waals surface area contributed by atoms with Crippen LogP contribution in [-0.4, -0.2) is 64.6 Å². The number of hydrogen-bond acceptors (Lipinski definition) is 5. The molecule has 0 atom stereocenters. The van der Waals surface area contributed by atoms with Gasteiger partial charge in [0.05, 0.1) is 6.16 Å². The van der Waals surface area contributed by atoms with Gasteiger partial charge in [0.1, 0.15) is 0 Å². The lowest BCUT2D eigenvalue weighted by Gasteiger charge is -2.22. The molecule has 346 valence electrons. The number of unbranched alkanes of at least 4 members (excludes halogenated alkanes) is 32. The lowest BCUT2D eigenvalue weighted by molar-refractivity contribution is -0.191. The van der Waals surface area contributed by atoms with Crippen LogP contribution < -0.4 is 0 Å². The molecule has 0 unspecified atom stereocenters. The van der Waals surface area contributed by atoms with Crippen LogP contribution in [0.3, 0.4) is 0 Å². The van der Waals surface area contributed by atoms with Crippen LogP contribution in [0.4, 0.5) is 0 Å². The molecule has 0 aliphatic heterocycles. The summed E-state index contributed by atoms with van der Waals surface area (Å²) in [5, 5.41) is 1.98. The van der Waals surface area contributed by atoms with Crippen molar-refractivity contribution < 1.29 is 24.0 Å². The molecular formula is C50H101N2O5P. The molecule has 7 nitrogen and oxygen atoms in total. The van der Waals surface area contributed by atoms with Gasteiger partial charge in [0.25, 0.3) is 0 Å². The summed E-state index contributed by atoms with van der Waals surface area (Å²) < 4.78 is 11.6. The number of allylic oxidation sites excluding steroid dienone is 2. The molecule has 0 radical (unpaired) electrons. The first kappa shape index (κ1) is 57.3. The Labute approximate surface area is 362 Å². The SMILES string of the molecule is CCCCCCCC/C=C\CCCCCCCCN(CCCCCCCCCC(=O)ON(CCCCCCCCCC)CCCCCCCCCC)CCP(=O)(O)O. The highest BCUT2D eigenvalue weighted by molar-refractivity contribution is 7.51. The van der Waals surface area contributed by atoms with E-state index in [1.807, 2.05) is 5.06 Å². The highest BCUT2D eigenvalue weighted by Crippen LogP contribution is 2.33. The summed E-state index contributed by atoms with van der Waals surface area (Å²) in [5.74, 6) is -0.0590. The van der Waals surface area contributed by atoms with Crippen LogP contribution >= 0.6 is 7.60 Å². The molecular weight excluding hydrogens is 740 g/mol. The van der Waals surface area contributed by atoms with E-state index in [4.69, 9.17) is 4.84 Å². The fourth-order valence-corrected chi connectivity index (χ4v) is 8.46. The van der Waals surface area contributed by atoms with Crippen molar-refractivity contribution in [1.82, 2.24) is 9.96 Å². The van der Waals surface area contributed by atoms with E-state index < -0.39 is 7.60 Å². The maximum Gasteiger partial charge on any atom is 0.326 e. The second-order valence-electron chi connectivity index (χ2n) is 17.7. The van der Waals surface area contributed by atoms with E-state index in [9.17, 15) is 19.1 Å². The zero-order valence-electron chi connectivity index (χ0n) is 39.2. The van der Waals surface area contributed by atoms with E-state index in [1.54, 1.807) is 0 Å². The Morgan fingerprint density at radius 1 is 0.431 bits per heavy atom. The van der Waals surface area contributed by atoms with Crippen molar-refractivity contribution in [2.45, 2.75) is 265 Å². The van der Waals surface area contributed by atoms with Gasteiger partial charge in [-0.05, 0) is 70.9 Å². The van der Waals surface area contributed by atoms with Crippen molar-refractivity contribution in [1.29, 1.82) is 0 Å². The Morgan fingerprint density at radius 3 is 1.10 bits per heavy atom. The Morgan fingerprint density at radius 2 is 0.741 bits per heavy atom. The second kappa shape index (κ2) is 45.8. The third-order valence-electron chi connectivity index (χ3n) is 11.8. The van der Waals surface area contributed by atoms with E-state index in [0.717, 1.165) is 77.5 Å². The van der Waals surface area contributed by atoms with E-state index in [-0.39, 0.29) is 12.1 Å². The van der Waals surface area contributed by atoms with Crippen molar-refractivity contribution in [2.24, 2.45) is 0 Å². The molecule has 0 aromatic rings. The summed E-state index contributed by atoms with van der Waals surface area (Å²) >= 11 is 0. The highest BCUT2D eigenvalue weighted by Gasteiger charge is 2.16. The summed E-state index contributed by atoms with van der Waals surface area (Å²) in [6.45, 7) is 10.9. The summed E-state index contributed by atoms with van der Waals surface area (Å²) in [6, 6.07) is 0. The van der Waals surface area contributed by atoms with Crippen LogP contribution in [0.15, 0.2) is 12.2 Å². The quantitative estimate of drug-likeness (QED) is 0.0273. The Kier molecular flexibility index (Phi) is 45.2. The van der Waals surface area contributed by atoms with Gasteiger partial charge in [-0.15, -0.1) is 5.06 Å². The summed E-state index contributed by atoms with van der Waals surface area (Å²) in [6.07, 6.45) is 51.6. The second-order valence-corrected chi connectivity index (χ2v) is 19.5. The van der Waals surface area contributed by atoms with Gasteiger partial charge in [0.2, 0.25) is 0 Å². The van der Waals surface area contributed by atoms with Gasteiger partial charge in [-0.1, -0.05) is 213 Å². The lowest BCUT2D eigenvalue weighted by atomic mass is 10.1. The maximum atomic E-state index is 12.8. The van der Waals surface area contributed by atoms with Crippen molar-refractivity contribution in [2.75, 3.05) is 38.9 Å². The maximum absolute atomic E-state index is 12.8. The van der Waals surface area contributed by atoms with E-state index in [2.05, 4.69) is 37.8 Å². The van der Waals surface area contributed by atoms with Crippen molar-refractivity contribution in [3.8, 4) is 0 Å². The fourth-order valence-electron chi connectivity index (χ4n) is 7.92. The van der Waals surface area contributed by atoms with Gasteiger partial charge in [0, 0.05) is 26.1 Å². The van der Waals surface area contributed by atoms with Gasteiger partial charge in [-0.25, -0.2) is 0 Å². The van der Waals surface area contributed by atoms with Crippen LogP contribution in [0.5, 0.6) is 0 Å². The normalized spacial score (nSPS) is 12.2. The number of carbonyl (C=O) groups excluding carboxylic acids is 1. The molecule has 0 saturated heterocycles. The zero-order chi connectivity index (χ0) is 42.5. The molecule has 0 spiro atoms. The van der Waals surface area contributed by atoms with Gasteiger partial charge < -0.3 is 19.5 Å². The number of hydrogen-bond donors (Lipinski definition) is 2. The molecule has 8 heteroatoms. The molecule has 2 N–H and O–H groups in total. The van der Waals surface area contributed by atoms with Gasteiger partial charge in [-0.2, -0.15) is 0 Å². The number of hydroxylamine groups is 2. The molecule has 0 fully saturated rings. The van der Waals surface area contributed by atoms with E-state index in [0.29, 0.717) is 13.0 Å². The van der Waals surface area contributed by atoms with E-state index in [1.165, 1.54) is 186 Å². The first-order chi connectivity index (χ1) is 28.3. The number of rotatable bonds is 48. The first-order valence-electron chi connectivity index (χ1n) is 25.7. The smallest absolute Gasteiger partial charge is 0.326 e. The van der Waals surface area contributed by atoms with Gasteiger partial charge >= 0.3 is 13.6 Å². The van der Waals surface area contributed by atoms with Crippen molar-refractivity contribution in [3.63, 3.8) is 0 Å². The summed E-state index contributed by atoms with van der Waals surface area (Å²) in [5.41, 5.74) is 0. The van der Waals surface area contributed by atoms with Crippen molar-refractivity contribution >= 4 is 13.6 Å². The monoisotopic (exact) mass is 841 g/mol. The topological polar surface area (TPSA) is 90.3 Å². The zero-order valence-corrected chi connectivity index (χ0v) is 40.1. The molecule has 0 aromatic carbocycles. The predicted molar refractivity (Wildman–Crippen MR) is 253 cm³/mol. The minimum atomic E-state index is -3.98. The molecule has 0 saturated carbocycles. The largest absolute Gasteiger partial charge is 0.368 e.